The molecule has 0 fully saturated rings. The van der Waals surface area contributed by atoms with Gasteiger partial charge < -0.3 is 4.42 Å². The van der Waals surface area contributed by atoms with Gasteiger partial charge in [0, 0.05) is 16.3 Å². The molecule has 8 aromatic rings. The van der Waals surface area contributed by atoms with Crippen LogP contribution in [0.5, 0.6) is 0 Å². The summed E-state index contributed by atoms with van der Waals surface area (Å²) in [4.78, 5) is 0. The number of furan rings is 1. The molecule has 7 aromatic carbocycles. The van der Waals surface area contributed by atoms with Crippen molar-refractivity contribution in [3.63, 3.8) is 0 Å². The van der Waals surface area contributed by atoms with Crippen LogP contribution in [0.3, 0.4) is 0 Å². The van der Waals surface area contributed by atoms with Gasteiger partial charge in [-0.25, -0.2) is 0 Å². The van der Waals surface area contributed by atoms with Gasteiger partial charge in [-0.15, -0.1) is 0 Å². The lowest BCUT2D eigenvalue weighted by Gasteiger charge is -2.18. The predicted octanol–water partition coefficient (Wildman–Crippen LogP) is 10.9. The average molecular weight is 497 g/mol. The number of benzene rings is 7. The van der Waals surface area contributed by atoms with Gasteiger partial charge in [-0.3, -0.25) is 0 Å². The van der Waals surface area contributed by atoms with Gasteiger partial charge in [-0.05, 0) is 61.5 Å². The van der Waals surface area contributed by atoms with E-state index in [4.69, 9.17) is 4.42 Å². The molecule has 0 saturated carbocycles. The fourth-order valence-corrected chi connectivity index (χ4v) is 6.17. The maximum absolute atomic E-state index is 6.39. The van der Waals surface area contributed by atoms with E-state index in [1.165, 1.54) is 43.8 Å². The molecular formula is C38H24O. The predicted molar refractivity (Wildman–Crippen MR) is 165 cm³/mol. The minimum absolute atomic E-state index is 0.921. The summed E-state index contributed by atoms with van der Waals surface area (Å²) in [5.74, 6) is 0. The van der Waals surface area contributed by atoms with Crippen LogP contribution in [0.4, 0.5) is 0 Å². The van der Waals surface area contributed by atoms with Crippen molar-refractivity contribution < 1.29 is 4.42 Å². The van der Waals surface area contributed by atoms with Crippen molar-refractivity contribution in [1.82, 2.24) is 0 Å². The highest BCUT2D eigenvalue weighted by molar-refractivity contribution is 6.21. The highest BCUT2D eigenvalue weighted by Crippen LogP contribution is 2.44. The lowest BCUT2D eigenvalue weighted by Crippen LogP contribution is -1.91. The first kappa shape index (κ1) is 21.9. The SMILES string of the molecule is c1ccc(-c2c3ccccc3c(-c3cccc(-c4cccc5c4oc4ccccc45)c3)c3ccccc23)cc1. The van der Waals surface area contributed by atoms with Crippen molar-refractivity contribution in [2.45, 2.75) is 0 Å². The summed E-state index contributed by atoms with van der Waals surface area (Å²) in [7, 11) is 0. The first-order valence-corrected chi connectivity index (χ1v) is 13.4. The Morgan fingerprint density at radius 3 is 1.51 bits per heavy atom. The van der Waals surface area contributed by atoms with E-state index in [1.807, 2.05) is 12.1 Å². The molecule has 0 radical (unpaired) electrons. The Bertz CT molecular complexity index is 2110. The molecule has 8 rings (SSSR count). The second kappa shape index (κ2) is 8.72. The van der Waals surface area contributed by atoms with Crippen LogP contribution in [-0.2, 0) is 0 Å². The Hall–Kier alpha value is -5.14. The summed E-state index contributed by atoms with van der Waals surface area (Å²) in [6, 6.07) is 52.0. The minimum atomic E-state index is 0.921. The molecule has 1 aromatic heterocycles. The molecule has 0 N–H and O–H groups in total. The van der Waals surface area contributed by atoms with E-state index < -0.39 is 0 Å². The second-order valence-corrected chi connectivity index (χ2v) is 10.1. The number of hydrogen-bond donors (Lipinski definition) is 0. The van der Waals surface area contributed by atoms with Crippen molar-refractivity contribution in [2.75, 3.05) is 0 Å². The molecule has 0 aliphatic heterocycles. The summed E-state index contributed by atoms with van der Waals surface area (Å²) in [5.41, 5.74) is 9.11. The van der Waals surface area contributed by atoms with Crippen molar-refractivity contribution in [1.29, 1.82) is 0 Å². The number of para-hydroxylation sites is 2. The third-order valence-corrected chi connectivity index (χ3v) is 7.86. The van der Waals surface area contributed by atoms with E-state index in [0.717, 1.165) is 33.1 Å². The van der Waals surface area contributed by atoms with Crippen LogP contribution in [0.2, 0.25) is 0 Å². The zero-order valence-electron chi connectivity index (χ0n) is 21.3. The third-order valence-electron chi connectivity index (χ3n) is 7.86. The molecule has 0 atom stereocenters. The summed E-state index contributed by atoms with van der Waals surface area (Å²) in [6.45, 7) is 0. The van der Waals surface area contributed by atoms with Crippen LogP contribution in [0.1, 0.15) is 0 Å². The van der Waals surface area contributed by atoms with E-state index in [1.54, 1.807) is 0 Å². The van der Waals surface area contributed by atoms with E-state index in [-0.39, 0.29) is 0 Å². The van der Waals surface area contributed by atoms with E-state index in [2.05, 4.69) is 133 Å². The number of hydrogen-bond acceptors (Lipinski definition) is 1. The largest absolute Gasteiger partial charge is 0.455 e. The Balaban J connectivity index is 1.42. The molecule has 0 aliphatic carbocycles. The first-order valence-electron chi connectivity index (χ1n) is 13.4. The lowest BCUT2D eigenvalue weighted by atomic mass is 9.85. The summed E-state index contributed by atoms with van der Waals surface area (Å²) in [6.07, 6.45) is 0. The topological polar surface area (TPSA) is 13.1 Å². The monoisotopic (exact) mass is 496 g/mol. The minimum Gasteiger partial charge on any atom is -0.455 e. The molecule has 1 nitrogen and oxygen atoms in total. The van der Waals surface area contributed by atoms with Gasteiger partial charge in [0.2, 0.25) is 0 Å². The van der Waals surface area contributed by atoms with E-state index in [0.29, 0.717) is 0 Å². The van der Waals surface area contributed by atoms with E-state index in [9.17, 15) is 0 Å². The molecule has 1 heterocycles. The van der Waals surface area contributed by atoms with Crippen molar-refractivity contribution in [2.24, 2.45) is 0 Å². The van der Waals surface area contributed by atoms with Crippen LogP contribution < -0.4 is 0 Å². The van der Waals surface area contributed by atoms with Crippen molar-refractivity contribution in [3.05, 3.63) is 146 Å². The van der Waals surface area contributed by atoms with Gasteiger partial charge in [0.05, 0.1) is 0 Å². The van der Waals surface area contributed by atoms with Crippen LogP contribution in [0.15, 0.2) is 150 Å². The van der Waals surface area contributed by atoms with Gasteiger partial charge in [-0.1, -0.05) is 133 Å². The van der Waals surface area contributed by atoms with Crippen LogP contribution in [0.25, 0.3) is 76.9 Å². The molecule has 0 spiro atoms. The molecule has 0 bridgehead atoms. The fraction of sp³-hybridized carbons (Fsp3) is 0. The molecule has 0 amide bonds. The molecule has 0 unspecified atom stereocenters. The Morgan fingerprint density at radius 2 is 0.821 bits per heavy atom. The summed E-state index contributed by atoms with van der Waals surface area (Å²) < 4.78 is 6.39. The highest BCUT2D eigenvalue weighted by Gasteiger charge is 2.17. The molecular weight excluding hydrogens is 472 g/mol. The Kier molecular flexibility index (Phi) is 4.89. The molecule has 1 heteroatoms. The summed E-state index contributed by atoms with van der Waals surface area (Å²) in [5, 5.41) is 7.35. The quantitative estimate of drug-likeness (QED) is 0.222. The van der Waals surface area contributed by atoms with Crippen LogP contribution in [-0.4, -0.2) is 0 Å². The average Bonchev–Trinajstić information content (AvgIpc) is 3.39. The molecule has 0 aliphatic rings. The summed E-state index contributed by atoms with van der Waals surface area (Å²) >= 11 is 0. The lowest BCUT2D eigenvalue weighted by molar-refractivity contribution is 0.670. The third kappa shape index (κ3) is 3.41. The maximum Gasteiger partial charge on any atom is 0.143 e. The zero-order chi connectivity index (χ0) is 25.8. The second-order valence-electron chi connectivity index (χ2n) is 10.1. The molecule has 0 saturated heterocycles. The van der Waals surface area contributed by atoms with Gasteiger partial charge in [0.25, 0.3) is 0 Å². The van der Waals surface area contributed by atoms with Gasteiger partial charge >= 0.3 is 0 Å². The van der Waals surface area contributed by atoms with Crippen molar-refractivity contribution in [3.8, 4) is 33.4 Å². The van der Waals surface area contributed by atoms with Crippen LogP contribution >= 0.6 is 0 Å². The molecule has 182 valence electrons. The first-order chi connectivity index (χ1) is 19.4. The number of rotatable bonds is 3. The standard InChI is InChI=1S/C38H24O/c1-2-12-25(13-3-1)36-30-17-4-6-19-32(30)37(33-20-7-5-18-31(33)36)27-15-10-14-26(24-27)28-21-11-22-34-29-16-8-9-23-35(29)39-38(28)34/h1-24H. The Labute approximate surface area is 226 Å². The smallest absolute Gasteiger partial charge is 0.143 e. The highest BCUT2D eigenvalue weighted by atomic mass is 16.3. The normalized spacial score (nSPS) is 11.6. The van der Waals surface area contributed by atoms with Gasteiger partial charge in [0.15, 0.2) is 0 Å². The van der Waals surface area contributed by atoms with Crippen LogP contribution in [0, 0.1) is 0 Å². The zero-order valence-corrected chi connectivity index (χ0v) is 21.3. The fourth-order valence-electron chi connectivity index (χ4n) is 6.17. The maximum atomic E-state index is 6.39. The van der Waals surface area contributed by atoms with Gasteiger partial charge in [0.1, 0.15) is 11.2 Å². The van der Waals surface area contributed by atoms with Crippen molar-refractivity contribution >= 4 is 43.5 Å². The number of fused-ring (bicyclic) bond motifs is 5. The molecule has 39 heavy (non-hydrogen) atoms. The van der Waals surface area contributed by atoms with E-state index >= 15 is 0 Å². The Morgan fingerprint density at radius 1 is 0.333 bits per heavy atom. The van der Waals surface area contributed by atoms with Gasteiger partial charge in [-0.2, -0.15) is 0 Å².